The van der Waals surface area contributed by atoms with E-state index in [2.05, 4.69) is 0 Å². The second kappa shape index (κ2) is 4.72. The monoisotopic (exact) mass is 188 g/mol. The fraction of sp³-hybridized carbons (Fsp3) is 0.778. The average Bonchev–Trinajstić information content (AvgIpc) is 2.59. The summed E-state index contributed by atoms with van der Waals surface area (Å²) >= 11 is 0. The van der Waals surface area contributed by atoms with Crippen molar-refractivity contribution in [2.45, 2.75) is 32.3 Å². The molecule has 0 amide bonds. The Hall–Kier alpha value is -0.420. The smallest absolute Gasteiger partial charge is 0.180 e. The first-order valence-electron chi connectivity index (χ1n) is 4.38. The van der Waals surface area contributed by atoms with Crippen LogP contribution in [0, 0.1) is 0 Å². The summed E-state index contributed by atoms with van der Waals surface area (Å²) in [7, 11) is 0. The van der Waals surface area contributed by atoms with Crippen LogP contribution >= 0.6 is 0 Å². The molecule has 0 radical (unpaired) electrons. The largest absolute Gasteiger partial charge is 0.394 e. The molecule has 0 aromatic rings. The van der Waals surface area contributed by atoms with E-state index in [1.807, 2.05) is 19.9 Å². The molecule has 1 rings (SSSR count). The molecule has 0 spiro atoms. The number of ether oxygens (including phenoxy) is 2. The van der Waals surface area contributed by atoms with Crippen molar-refractivity contribution in [2.24, 2.45) is 0 Å². The number of allylic oxidation sites excluding steroid dienone is 1. The zero-order chi connectivity index (χ0) is 9.84. The van der Waals surface area contributed by atoms with Gasteiger partial charge in [0.2, 0.25) is 0 Å². The molecule has 0 saturated carbocycles. The van der Waals surface area contributed by atoms with E-state index in [4.69, 9.17) is 19.7 Å². The molecule has 2 atom stereocenters. The number of rotatable bonds is 3. The lowest BCUT2D eigenvalue weighted by molar-refractivity contribution is -0.0468. The fourth-order valence-electron chi connectivity index (χ4n) is 1.20. The van der Waals surface area contributed by atoms with Gasteiger partial charge in [0.1, 0.15) is 12.2 Å². The van der Waals surface area contributed by atoms with Gasteiger partial charge in [-0.1, -0.05) is 6.08 Å². The molecule has 0 aliphatic carbocycles. The van der Waals surface area contributed by atoms with Crippen LogP contribution in [-0.4, -0.2) is 41.9 Å². The van der Waals surface area contributed by atoms with Gasteiger partial charge < -0.3 is 19.7 Å². The number of hydrogen-bond acceptors (Lipinski definition) is 4. The molecule has 0 aromatic heterocycles. The minimum absolute atomic E-state index is 0.126. The molecule has 13 heavy (non-hydrogen) atoms. The van der Waals surface area contributed by atoms with Gasteiger partial charge in [0, 0.05) is 0 Å². The minimum atomic E-state index is -0.417. The molecule has 76 valence electrons. The molecule has 1 fully saturated rings. The predicted molar refractivity (Wildman–Crippen MR) is 47.1 cm³/mol. The molecule has 4 heteroatoms. The van der Waals surface area contributed by atoms with Crippen molar-refractivity contribution in [3.63, 3.8) is 0 Å². The Morgan fingerprint density at radius 2 is 1.69 bits per heavy atom. The zero-order valence-electron chi connectivity index (χ0n) is 7.93. The molecule has 2 N–H and O–H groups in total. The number of aliphatic hydroxyl groups excluding tert-OH is 2. The molecule has 1 saturated heterocycles. The summed E-state index contributed by atoms with van der Waals surface area (Å²) in [5.41, 5.74) is 0.953. The highest BCUT2D eigenvalue weighted by molar-refractivity contribution is 5.02. The first kappa shape index (κ1) is 10.7. The highest BCUT2D eigenvalue weighted by Gasteiger charge is 2.35. The lowest BCUT2D eigenvalue weighted by Crippen LogP contribution is -2.29. The van der Waals surface area contributed by atoms with Crippen LogP contribution in [0.1, 0.15) is 13.8 Å². The van der Waals surface area contributed by atoms with Gasteiger partial charge in [-0.2, -0.15) is 0 Å². The van der Waals surface area contributed by atoms with Gasteiger partial charge in [0.15, 0.2) is 6.29 Å². The van der Waals surface area contributed by atoms with Crippen molar-refractivity contribution in [2.75, 3.05) is 13.2 Å². The van der Waals surface area contributed by atoms with Gasteiger partial charge >= 0.3 is 0 Å². The SMILES string of the molecule is C/C=C(\C)C1O[C@H](CO)[C@@H](CO)O1. The summed E-state index contributed by atoms with van der Waals surface area (Å²) in [6.45, 7) is 3.53. The van der Waals surface area contributed by atoms with Gasteiger partial charge in [-0.05, 0) is 19.4 Å². The van der Waals surface area contributed by atoms with Crippen LogP contribution in [0.4, 0.5) is 0 Å². The topological polar surface area (TPSA) is 58.9 Å². The van der Waals surface area contributed by atoms with Crippen molar-refractivity contribution >= 4 is 0 Å². The maximum atomic E-state index is 8.90. The van der Waals surface area contributed by atoms with Crippen LogP contribution in [0.3, 0.4) is 0 Å². The van der Waals surface area contributed by atoms with E-state index in [0.29, 0.717) is 0 Å². The minimum Gasteiger partial charge on any atom is -0.394 e. The maximum absolute atomic E-state index is 8.90. The Labute approximate surface area is 77.8 Å². The van der Waals surface area contributed by atoms with Gasteiger partial charge in [-0.3, -0.25) is 0 Å². The predicted octanol–water partition coefficient (Wildman–Crippen LogP) is 0.0473. The summed E-state index contributed by atoms with van der Waals surface area (Å²) < 4.78 is 10.7. The van der Waals surface area contributed by atoms with E-state index in [1.165, 1.54) is 0 Å². The third-order valence-corrected chi connectivity index (χ3v) is 2.20. The summed E-state index contributed by atoms with van der Waals surface area (Å²) in [6.07, 6.45) is 0.646. The standard InChI is InChI=1S/C9H16O4/c1-3-6(2)9-12-7(4-10)8(5-11)13-9/h3,7-11H,4-5H2,1-2H3/b6-3+/t7-,8-/m1/s1. The van der Waals surface area contributed by atoms with E-state index in [1.54, 1.807) is 0 Å². The van der Waals surface area contributed by atoms with Crippen LogP contribution in [0.2, 0.25) is 0 Å². The van der Waals surface area contributed by atoms with Gasteiger partial charge in [0.05, 0.1) is 13.2 Å². The molecule has 1 heterocycles. The summed E-state index contributed by atoms with van der Waals surface area (Å²) in [4.78, 5) is 0. The molecule has 0 aromatic carbocycles. The second-order valence-electron chi connectivity index (χ2n) is 3.08. The molecular formula is C9H16O4. The Morgan fingerprint density at radius 1 is 1.23 bits per heavy atom. The number of hydrogen-bond donors (Lipinski definition) is 2. The molecule has 4 nitrogen and oxygen atoms in total. The average molecular weight is 188 g/mol. The quantitative estimate of drug-likeness (QED) is 0.614. The summed E-state index contributed by atoms with van der Waals surface area (Å²) in [6, 6.07) is 0. The van der Waals surface area contributed by atoms with E-state index >= 15 is 0 Å². The van der Waals surface area contributed by atoms with E-state index in [-0.39, 0.29) is 13.2 Å². The highest BCUT2D eigenvalue weighted by Crippen LogP contribution is 2.23. The Kier molecular flexibility index (Phi) is 3.87. The molecule has 1 aliphatic rings. The maximum Gasteiger partial charge on any atom is 0.180 e. The van der Waals surface area contributed by atoms with Crippen molar-refractivity contribution in [3.05, 3.63) is 11.6 Å². The zero-order valence-corrected chi connectivity index (χ0v) is 7.93. The lowest BCUT2D eigenvalue weighted by Gasteiger charge is -2.09. The first-order valence-corrected chi connectivity index (χ1v) is 4.38. The van der Waals surface area contributed by atoms with E-state index < -0.39 is 18.5 Å². The van der Waals surface area contributed by atoms with Gasteiger partial charge in [-0.25, -0.2) is 0 Å². The molecule has 0 bridgehead atoms. The summed E-state index contributed by atoms with van der Waals surface area (Å²) in [5.74, 6) is 0. The summed E-state index contributed by atoms with van der Waals surface area (Å²) in [5, 5.41) is 17.8. The van der Waals surface area contributed by atoms with Crippen LogP contribution in [0.25, 0.3) is 0 Å². The molecular weight excluding hydrogens is 172 g/mol. The van der Waals surface area contributed by atoms with Gasteiger partial charge in [0.25, 0.3) is 0 Å². The molecule has 0 unspecified atom stereocenters. The highest BCUT2D eigenvalue weighted by atomic mass is 16.7. The van der Waals surface area contributed by atoms with Crippen LogP contribution in [0.15, 0.2) is 11.6 Å². The normalized spacial score (nSPS) is 31.2. The molecule has 1 aliphatic heterocycles. The fourth-order valence-corrected chi connectivity index (χ4v) is 1.20. The second-order valence-corrected chi connectivity index (χ2v) is 3.08. The van der Waals surface area contributed by atoms with Crippen LogP contribution in [0.5, 0.6) is 0 Å². The number of aliphatic hydroxyl groups is 2. The van der Waals surface area contributed by atoms with E-state index in [0.717, 1.165) is 5.57 Å². The van der Waals surface area contributed by atoms with Crippen LogP contribution in [-0.2, 0) is 9.47 Å². The van der Waals surface area contributed by atoms with Crippen molar-refractivity contribution in [1.29, 1.82) is 0 Å². The van der Waals surface area contributed by atoms with Crippen molar-refractivity contribution in [3.8, 4) is 0 Å². The third kappa shape index (κ3) is 2.28. The Bertz CT molecular complexity index is 178. The van der Waals surface area contributed by atoms with E-state index in [9.17, 15) is 0 Å². The van der Waals surface area contributed by atoms with Gasteiger partial charge in [-0.15, -0.1) is 0 Å². The first-order chi connectivity index (χ1) is 6.22. The lowest BCUT2D eigenvalue weighted by atomic mass is 10.2. The van der Waals surface area contributed by atoms with Crippen LogP contribution < -0.4 is 0 Å². The van der Waals surface area contributed by atoms with Crippen molar-refractivity contribution < 1.29 is 19.7 Å². The Balaban J connectivity index is 2.57. The Morgan fingerprint density at radius 3 is 2.00 bits per heavy atom. The third-order valence-electron chi connectivity index (χ3n) is 2.20. The van der Waals surface area contributed by atoms with Crippen molar-refractivity contribution in [1.82, 2.24) is 0 Å².